The fraction of sp³-hybridized carbons (Fsp3) is 0.625. The van der Waals surface area contributed by atoms with Gasteiger partial charge < -0.3 is 29.7 Å². The van der Waals surface area contributed by atoms with Crippen LogP contribution in [0.25, 0.3) is 0 Å². The lowest BCUT2D eigenvalue weighted by Gasteiger charge is -2.25. The number of piperidine rings is 1. The zero-order chi connectivity index (χ0) is 23.4. The number of aryl methyl sites for hydroxylation is 1. The Morgan fingerprint density at radius 2 is 1.85 bits per heavy atom. The van der Waals surface area contributed by atoms with Gasteiger partial charge in [0.1, 0.15) is 0 Å². The molecule has 0 unspecified atom stereocenters. The second kappa shape index (κ2) is 10.4. The van der Waals surface area contributed by atoms with Gasteiger partial charge >= 0.3 is 0 Å². The monoisotopic (exact) mass is 459 g/mol. The second-order valence-corrected chi connectivity index (χ2v) is 9.55. The highest BCUT2D eigenvalue weighted by Crippen LogP contribution is 2.45. The Bertz CT molecular complexity index is 868. The van der Waals surface area contributed by atoms with Crippen molar-refractivity contribution < 1.29 is 29.0 Å². The molecule has 0 spiro atoms. The van der Waals surface area contributed by atoms with Crippen molar-refractivity contribution in [3.63, 3.8) is 0 Å². The molecule has 1 saturated carbocycles. The predicted octanol–water partition coefficient (Wildman–Crippen LogP) is 1.35. The average molecular weight is 460 g/mol. The van der Waals surface area contributed by atoms with E-state index in [2.05, 4.69) is 22.2 Å². The van der Waals surface area contributed by atoms with Crippen molar-refractivity contribution in [2.75, 3.05) is 40.0 Å². The Kier molecular flexibility index (Phi) is 7.37. The molecule has 2 saturated heterocycles. The van der Waals surface area contributed by atoms with Crippen LogP contribution < -0.4 is 14.8 Å². The van der Waals surface area contributed by atoms with Crippen LogP contribution in [-0.4, -0.2) is 79.3 Å². The molecule has 3 aliphatic heterocycles. The molecule has 9 nitrogen and oxygen atoms in total. The molecule has 33 heavy (non-hydrogen) atoms. The number of ether oxygens (including phenoxy) is 2. The van der Waals surface area contributed by atoms with Crippen LogP contribution in [0.4, 0.5) is 0 Å². The fourth-order valence-electron chi connectivity index (χ4n) is 5.22. The molecule has 0 bridgehead atoms. The summed E-state index contributed by atoms with van der Waals surface area (Å²) in [6, 6.07) is 5.94. The minimum atomic E-state index is -0.250. The summed E-state index contributed by atoms with van der Waals surface area (Å²) in [5, 5.41) is 10.1. The van der Waals surface area contributed by atoms with E-state index < -0.39 is 0 Å². The summed E-state index contributed by atoms with van der Waals surface area (Å²) < 4.78 is 10.7. The normalized spacial score (nSPS) is 27.6. The van der Waals surface area contributed by atoms with Crippen molar-refractivity contribution in [1.29, 1.82) is 0 Å². The number of likely N-dealkylation sites (N-methyl/N-ethyl adjacent to an activating group) is 1. The van der Waals surface area contributed by atoms with E-state index in [-0.39, 0.29) is 31.1 Å². The molecule has 0 radical (unpaired) electrons. The van der Waals surface area contributed by atoms with Gasteiger partial charge in [0.05, 0.1) is 5.92 Å². The van der Waals surface area contributed by atoms with Crippen LogP contribution in [0, 0.1) is 17.8 Å². The molecule has 4 atom stereocenters. The third-order valence-corrected chi connectivity index (χ3v) is 7.01. The number of nitrogens with zero attached hydrogens (tertiary/aromatic N) is 2. The predicted molar refractivity (Wildman–Crippen MR) is 120 cm³/mol. The Labute approximate surface area is 194 Å². The van der Waals surface area contributed by atoms with Crippen molar-refractivity contribution in [2.24, 2.45) is 17.8 Å². The van der Waals surface area contributed by atoms with Gasteiger partial charge in [0.25, 0.3) is 6.47 Å². The molecule has 2 N–H and O–H groups in total. The van der Waals surface area contributed by atoms with Crippen molar-refractivity contribution >= 4 is 18.3 Å². The molecular formula is C24H33N3O6. The van der Waals surface area contributed by atoms with Crippen LogP contribution in [0.5, 0.6) is 11.5 Å². The molecule has 3 fully saturated rings. The Morgan fingerprint density at radius 3 is 2.61 bits per heavy atom. The molecule has 4 aliphatic rings. The van der Waals surface area contributed by atoms with E-state index in [1.54, 1.807) is 0 Å². The van der Waals surface area contributed by atoms with Crippen molar-refractivity contribution in [1.82, 2.24) is 15.1 Å². The molecule has 1 aromatic carbocycles. The highest BCUT2D eigenvalue weighted by molar-refractivity contribution is 5.80. The molecule has 180 valence electrons. The van der Waals surface area contributed by atoms with E-state index in [1.807, 2.05) is 18.2 Å². The van der Waals surface area contributed by atoms with Gasteiger partial charge in [-0.1, -0.05) is 6.07 Å². The van der Waals surface area contributed by atoms with E-state index in [0.29, 0.717) is 18.7 Å². The summed E-state index contributed by atoms with van der Waals surface area (Å²) in [4.78, 5) is 38.1. The molecule has 3 heterocycles. The van der Waals surface area contributed by atoms with Gasteiger partial charge in [0.15, 0.2) is 11.5 Å². The molecule has 9 heteroatoms. The number of fused-ring (bicyclic) bond motifs is 2. The average Bonchev–Trinajstić information content (AvgIpc) is 3.21. The lowest BCUT2D eigenvalue weighted by molar-refractivity contribution is -0.135. The molecule has 5 rings (SSSR count). The van der Waals surface area contributed by atoms with E-state index in [9.17, 15) is 9.59 Å². The van der Waals surface area contributed by atoms with E-state index in [1.165, 1.54) is 6.42 Å². The number of nitrogens with one attached hydrogen (secondary N) is 1. The van der Waals surface area contributed by atoms with Gasteiger partial charge in [-0.05, 0) is 62.3 Å². The summed E-state index contributed by atoms with van der Waals surface area (Å²) in [7, 11) is 2.05. The number of carboxylic acid groups (broad SMARTS) is 1. The summed E-state index contributed by atoms with van der Waals surface area (Å²) in [5.74, 6) is 3.51. The van der Waals surface area contributed by atoms with Crippen molar-refractivity contribution in [2.45, 2.75) is 38.1 Å². The second-order valence-electron chi connectivity index (χ2n) is 9.55. The van der Waals surface area contributed by atoms with Gasteiger partial charge in [0.2, 0.25) is 18.6 Å². The number of rotatable bonds is 5. The molecule has 1 aliphatic carbocycles. The summed E-state index contributed by atoms with van der Waals surface area (Å²) in [6.07, 6.45) is 4.14. The fourth-order valence-corrected chi connectivity index (χ4v) is 5.22. The van der Waals surface area contributed by atoms with Gasteiger partial charge in [0, 0.05) is 38.6 Å². The summed E-state index contributed by atoms with van der Waals surface area (Å²) in [6.45, 7) is 3.52. The van der Waals surface area contributed by atoms with Crippen LogP contribution in [-0.2, 0) is 20.8 Å². The summed E-state index contributed by atoms with van der Waals surface area (Å²) in [5.41, 5.74) is 1.07. The molecule has 1 aromatic rings. The number of carbonyl (C=O) groups excluding carboxylic acids is 2. The van der Waals surface area contributed by atoms with Gasteiger partial charge in [-0.15, -0.1) is 0 Å². The molecule has 0 aromatic heterocycles. The van der Waals surface area contributed by atoms with Crippen LogP contribution in [0.3, 0.4) is 0 Å². The number of amides is 2. The number of hydrogen-bond donors (Lipinski definition) is 2. The number of carbonyl (C=O) groups is 3. The Balaban J connectivity index is 0.000000821. The highest BCUT2D eigenvalue weighted by atomic mass is 16.7. The van der Waals surface area contributed by atoms with E-state index >= 15 is 0 Å². The highest BCUT2D eigenvalue weighted by Gasteiger charge is 2.47. The maximum atomic E-state index is 12.9. The minimum Gasteiger partial charge on any atom is -0.483 e. The van der Waals surface area contributed by atoms with Gasteiger partial charge in [-0.2, -0.15) is 0 Å². The smallest absolute Gasteiger partial charge is 0.290 e. The van der Waals surface area contributed by atoms with E-state index in [0.717, 1.165) is 67.9 Å². The quantitative estimate of drug-likeness (QED) is 0.640. The number of likely N-dealkylation sites (tertiary alicyclic amines) is 2. The number of hydrogen-bond acceptors (Lipinski definition) is 6. The van der Waals surface area contributed by atoms with E-state index in [4.69, 9.17) is 19.4 Å². The number of benzene rings is 1. The first kappa shape index (κ1) is 23.4. The molecule has 2 amide bonds. The minimum absolute atomic E-state index is 0.0584. The third-order valence-electron chi connectivity index (χ3n) is 7.01. The topological polar surface area (TPSA) is 108 Å². The first-order valence-electron chi connectivity index (χ1n) is 11.7. The largest absolute Gasteiger partial charge is 0.483 e. The molecular weight excluding hydrogens is 426 g/mol. The first-order valence-corrected chi connectivity index (χ1v) is 11.7. The standard InChI is InChI=1S/C23H31N3O4.CH2O2/c1-25-10-16(23(28)26-11-17-9-18(17)12-26)4-5-19(13-25)24-22(27)7-3-15-2-6-20-21(8-15)30-14-29-20;2-1-3/h2,6,8,16-19H,3-5,7,9-14H2,1H3,(H,24,27);1H,(H,2,3)/t16-,17-,18+,19+;/m1./s1. The first-order chi connectivity index (χ1) is 16.0. The Morgan fingerprint density at radius 1 is 1.12 bits per heavy atom. The lowest BCUT2D eigenvalue weighted by atomic mass is 10.00. The van der Waals surface area contributed by atoms with Crippen LogP contribution in [0.1, 0.15) is 31.2 Å². The van der Waals surface area contributed by atoms with Gasteiger partial charge in [-0.3, -0.25) is 14.4 Å². The SMILES string of the molecule is CN1C[C@@H](NC(=O)CCc2ccc3c(c2)OCO3)CC[C@@H](C(=O)N2C[C@H]3C[C@H]3C2)C1.O=CO. The zero-order valence-electron chi connectivity index (χ0n) is 19.1. The summed E-state index contributed by atoms with van der Waals surface area (Å²) >= 11 is 0. The maximum absolute atomic E-state index is 12.9. The maximum Gasteiger partial charge on any atom is 0.290 e. The van der Waals surface area contributed by atoms with Crippen LogP contribution in [0.15, 0.2) is 18.2 Å². The third kappa shape index (κ3) is 5.96. The van der Waals surface area contributed by atoms with Gasteiger partial charge in [-0.25, -0.2) is 0 Å². The van der Waals surface area contributed by atoms with Crippen LogP contribution in [0.2, 0.25) is 0 Å². The zero-order valence-corrected chi connectivity index (χ0v) is 19.1. The van der Waals surface area contributed by atoms with Crippen molar-refractivity contribution in [3.05, 3.63) is 23.8 Å². The Hall–Kier alpha value is -2.81. The van der Waals surface area contributed by atoms with Crippen LogP contribution >= 0.6 is 0 Å². The van der Waals surface area contributed by atoms with Crippen molar-refractivity contribution in [3.8, 4) is 11.5 Å². The lowest BCUT2D eigenvalue weighted by Crippen LogP contribution is -2.42.